The topological polar surface area (TPSA) is 54.5 Å². The third-order valence-corrected chi connectivity index (χ3v) is 6.04. The van der Waals surface area contributed by atoms with E-state index < -0.39 is 9.84 Å². The van der Waals surface area contributed by atoms with Crippen molar-refractivity contribution in [3.63, 3.8) is 0 Å². The minimum absolute atomic E-state index is 0.170. The summed E-state index contributed by atoms with van der Waals surface area (Å²) in [6.07, 6.45) is 6.66. The first-order valence-electron chi connectivity index (χ1n) is 7.98. The van der Waals surface area contributed by atoms with E-state index in [1.165, 1.54) is 31.9 Å². The molecule has 1 saturated heterocycles. The highest BCUT2D eigenvalue weighted by atomic mass is 32.2. The highest BCUT2D eigenvalue weighted by Gasteiger charge is 2.32. The number of hydrogen-bond donors (Lipinski definition) is 0. The van der Waals surface area contributed by atoms with E-state index >= 15 is 0 Å². The summed E-state index contributed by atoms with van der Waals surface area (Å²) >= 11 is 0. The first-order chi connectivity index (χ1) is 10.4. The van der Waals surface area contributed by atoms with E-state index in [2.05, 4.69) is 0 Å². The van der Waals surface area contributed by atoms with Gasteiger partial charge in [-0.3, -0.25) is 4.79 Å². The maximum Gasteiger partial charge on any atom is 0.227 e. The lowest BCUT2D eigenvalue weighted by Gasteiger charge is -2.41. The minimum atomic E-state index is -3.17. The Morgan fingerprint density at radius 3 is 2.27 bits per heavy atom. The zero-order valence-corrected chi connectivity index (χ0v) is 13.8. The van der Waals surface area contributed by atoms with Gasteiger partial charge in [-0.25, -0.2) is 8.42 Å². The van der Waals surface area contributed by atoms with Gasteiger partial charge in [0.2, 0.25) is 5.91 Å². The summed E-state index contributed by atoms with van der Waals surface area (Å²) in [5.41, 5.74) is 0.883. The molecule has 0 radical (unpaired) electrons. The van der Waals surface area contributed by atoms with Gasteiger partial charge in [0.25, 0.3) is 0 Å². The molecule has 22 heavy (non-hydrogen) atoms. The number of likely N-dealkylation sites (tertiary alicyclic amines) is 1. The summed E-state index contributed by atoms with van der Waals surface area (Å²) < 4.78 is 22.9. The smallest absolute Gasteiger partial charge is 0.227 e. The Hall–Kier alpha value is -1.36. The van der Waals surface area contributed by atoms with Crippen molar-refractivity contribution in [2.24, 2.45) is 11.8 Å². The molecular weight excluding hydrogens is 298 g/mol. The molecule has 120 valence electrons. The molecule has 0 unspecified atom stereocenters. The number of benzene rings is 1. The van der Waals surface area contributed by atoms with E-state index in [1.807, 2.05) is 4.90 Å². The summed E-state index contributed by atoms with van der Waals surface area (Å²) in [6.45, 7) is 1.80. The molecule has 2 aliphatic rings. The lowest BCUT2D eigenvalue weighted by Crippen LogP contribution is -2.46. The Kier molecular flexibility index (Phi) is 4.26. The number of carbonyl (C=O) groups is 1. The molecule has 1 amide bonds. The fourth-order valence-electron chi connectivity index (χ4n) is 3.78. The Morgan fingerprint density at radius 1 is 1.14 bits per heavy atom. The third kappa shape index (κ3) is 3.51. The molecule has 1 aliphatic carbocycles. The molecule has 1 aromatic rings. The van der Waals surface area contributed by atoms with Crippen LogP contribution < -0.4 is 0 Å². The summed E-state index contributed by atoms with van der Waals surface area (Å²) in [5.74, 6) is 1.54. The number of rotatable bonds is 3. The van der Waals surface area contributed by atoms with E-state index in [1.54, 1.807) is 24.3 Å². The second-order valence-electron chi connectivity index (χ2n) is 6.79. The molecular formula is C17H23NO3S. The van der Waals surface area contributed by atoms with Gasteiger partial charge in [-0.15, -0.1) is 0 Å². The van der Waals surface area contributed by atoms with Crippen LogP contribution in [0.2, 0.25) is 0 Å². The van der Waals surface area contributed by atoms with Gasteiger partial charge >= 0.3 is 0 Å². The molecule has 4 nitrogen and oxygen atoms in total. The Bertz CT molecular complexity index is 639. The molecule has 2 atom stereocenters. The van der Waals surface area contributed by atoms with Gasteiger partial charge in [0.15, 0.2) is 9.84 Å². The molecule has 2 fully saturated rings. The molecule has 5 heteroatoms. The van der Waals surface area contributed by atoms with E-state index in [0.29, 0.717) is 23.2 Å². The van der Waals surface area contributed by atoms with Crippen molar-refractivity contribution in [1.29, 1.82) is 0 Å². The van der Waals surface area contributed by atoms with Gasteiger partial charge in [-0.05, 0) is 48.8 Å². The number of carbonyl (C=O) groups excluding carboxylic acids is 1. The predicted molar refractivity (Wildman–Crippen MR) is 85.3 cm³/mol. The van der Waals surface area contributed by atoms with Crippen LogP contribution in [0.25, 0.3) is 0 Å². The van der Waals surface area contributed by atoms with Crippen LogP contribution in [-0.2, 0) is 21.1 Å². The van der Waals surface area contributed by atoms with Crippen LogP contribution in [0, 0.1) is 11.8 Å². The molecule has 1 aliphatic heterocycles. The van der Waals surface area contributed by atoms with Crippen molar-refractivity contribution in [1.82, 2.24) is 4.90 Å². The predicted octanol–water partition coefficient (Wildman–Crippen LogP) is 2.28. The Labute approximate surface area is 132 Å². The minimum Gasteiger partial charge on any atom is -0.342 e. The van der Waals surface area contributed by atoms with Gasteiger partial charge in [0.1, 0.15) is 0 Å². The fourth-order valence-corrected chi connectivity index (χ4v) is 4.41. The van der Waals surface area contributed by atoms with Crippen LogP contribution in [0.15, 0.2) is 29.2 Å². The molecule has 1 saturated carbocycles. The van der Waals surface area contributed by atoms with Crippen molar-refractivity contribution in [2.45, 2.75) is 37.0 Å². The standard InChI is InChI=1S/C17H23NO3S/c1-22(20,21)16-7-5-13(6-8-16)10-17(19)18-11-14-3-2-4-15(9-14)12-18/h5-8,14-15H,2-4,9-12H2,1H3/t14-,15-/m0/s1. The largest absolute Gasteiger partial charge is 0.342 e. The number of amides is 1. The average Bonchev–Trinajstić information content (AvgIpc) is 2.46. The van der Waals surface area contributed by atoms with Crippen molar-refractivity contribution < 1.29 is 13.2 Å². The first-order valence-corrected chi connectivity index (χ1v) is 9.88. The number of hydrogen-bond acceptors (Lipinski definition) is 3. The summed E-state index contributed by atoms with van der Waals surface area (Å²) in [4.78, 5) is 14.8. The summed E-state index contributed by atoms with van der Waals surface area (Å²) in [7, 11) is -3.17. The van der Waals surface area contributed by atoms with E-state index in [0.717, 1.165) is 18.7 Å². The summed E-state index contributed by atoms with van der Waals surface area (Å²) in [5, 5.41) is 0. The van der Waals surface area contributed by atoms with Crippen LogP contribution in [0.5, 0.6) is 0 Å². The van der Waals surface area contributed by atoms with Crippen LogP contribution in [0.1, 0.15) is 31.2 Å². The lowest BCUT2D eigenvalue weighted by molar-refractivity contribution is -0.134. The number of sulfone groups is 1. The second kappa shape index (κ2) is 6.03. The molecule has 3 rings (SSSR count). The average molecular weight is 321 g/mol. The fraction of sp³-hybridized carbons (Fsp3) is 0.588. The Balaban J connectivity index is 1.64. The molecule has 1 aromatic carbocycles. The molecule has 1 heterocycles. The Morgan fingerprint density at radius 2 is 1.73 bits per heavy atom. The highest BCUT2D eigenvalue weighted by Crippen LogP contribution is 2.34. The third-order valence-electron chi connectivity index (χ3n) is 4.91. The van der Waals surface area contributed by atoms with Gasteiger partial charge in [0.05, 0.1) is 11.3 Å². The number of piperidine rings is 1. The van der Waals surface area contributed by atoms with Gasteiger partial charge < -0.3 is 4.90 Å². The number of fused-ring (bicyclic) bond motifs is 2. The normalized spacial score (nSPS) is 25.0. The van der Waals surface area contributed by atoms with Gasteiger partial charge in [-0.1, -0.05) is 18.6 Å². The maximum atomic E-state index is 12.5. The SMILES string of the molecule is CS(=O)(=O)c1ccc(CC(=O)N2C[C@H]3CCC[C@@H](C3)C2)cc1. The maximum absolute atomic E-state index is 12.5. The molecule has 0 spiro atoms. The van der Waals surface area contributed by atoms with Crippen molar-refractivity contribution in [2.75, 3.05) is 19.3 Å². The van der Waals surface area contributed by atoms with Crippen LogP contribution >= 0.6 is 0 Å². The van der Waals surface area contributed by atoms with Crippen molar-refractivity contribution in [3.8, 4) is 0 Å². The zero-order valence-electron chi connectivity index (χ0n) is 13.0. The van der Waals surface area contributed by atoms with Gasteiger partial charge in [0, 0.05) is 19.3 Å². The molecule has 2 bridgehead atoms. The quantitative estimate of drug-likeness (QED) is 0.858. The highest BCUT2D eigenvalue weighted by molar-refractivity contribution is 7.90. The van der Waals surface area contributed by atoms with Crippen molar-refractivity contribution >= 4 is 15.7 Å². The summed E-state index contributed by atoms with van der Waals surface area (Å²) in [6, 6.07) is 6.67. The van der Waals surface area contributed by atoms with Gasteiger partial charge in [-0.2, -0.15) is 0 Å². The second-order valence-corrected chi connectivity index (χ2v) is 8.81. The van der Waals surface area contributed by atoms with Crippen LogP contribution in [0.4, 0.5) is 0 Å². The van der Waals surface area contributed by atoms with E-state index in [4.69, 9.17) is 0 Å². The number of nitrogens with zero attached hydrogens (tertiary/aromatic N) is 1. The first kappa shape index (κ1) is 15.5. The molecule has 0 aromatic heterocycles. The van der Waals surface area contributed by atoms with Crippen LogP contribution in [-0.4, -0.2) is 38.6 Å². The van der Waals surface area contributed by atoms with Crippen LogP contribution in [0.3, 0.4) is 0 Å². The zero-order chi connectivity index (χ0) is 15.7. The lowest BCUT2D eigenvalue weighted by atomic mass is 9.78. The van der Waals surface area contributed by atoms with E-state index in [-0.39, 0.29) is 5.91 Å². The van der Waals surface area contributed by atoms with E-state index in [9.17, 15) is 13.2 Å². The molecule has 0 N–H and O–H groups in total. The van der Waals surface area contributed by atoms with Crippen molar-refractivity contribution in [3.05, 3.63) is 29.8 Å². The monoisotopic (exact) mass is 321 g/mol.